The standard InChI is InChI=1S/C20H21FN2O4/c21-16-8-4-7-14(9-16)20(26)23-11-17-18(24)15(12-27-17)10-22-19(25)13-5-2-1-3-6-13/h1-9,15,17-18,24H,10-12H2,(H,22,25)(H,23,26)/t15-,17-,18+/m1/s1. The largest absolute Gasteiger partial charge is 0.390 e. The van der Waals surface area contributed by atoms with Gasteiger partial charge in [0, 0.05) is 30.1 Å². The van der Waals surface area contributed by atoms with Crippen LogP contribution in [0.5, 0.6) is 0 Å². The highest BCUT2D eigenvalue weighted by molar-refractivity contribution is 5.94. The molecule has 0 aromatic heterocycles. The molecule has 6 nitrogen and oxygen atoms in total. The van der Waals surface area contributed by atoms with Crippen LogP contribution in [0.25, 0.3) is 0 Å². The lowest BCUT2D eigenvalue weighted by atomic mass is 10.0. The van der Waals surface area contributed by atoms with E-state index in [4.69, 9.17) is 4.74 Å². The number of rotatable bonds is 6. The second kappa shape index (κ2) is 8.75. The minimum Gasteiger partial charge on any atom is -0.390 e. The molecular formula is C20H21FN2O4. The average molecular weight is 372 g/mol. The van der Waals surface area contributed by atoms with Gasteiger partial charge in [0.05, 0.1) is 12.7 Å². The summed E-state index contributed by atoms with van der Waals surface area (Å²) in [4.78, 5) is 24.1. The number of carbonyl (C=O) groups is 2. The van der Waals surface area contributed by atoms with Gasteiger partial charge >= 0.3 is 0 Å². The van der Waals surface area contributed by atoms with Crippen LogP contribution < -0.4 is 10.6 Å². The lowest BCUT2D eigenvalue weighted by Gasteiger charge is -2.18. The van der Waals surface area contributed by atoms with E-state index in [2.05, 4.69) is 10.6 Å². The molecule has 0 spiro atoms. The highest BCUT2D eigenvalue weighted by Gasteiger charge is 2.36. The number of aliphatic hydroxyl groups excluding tert-OH is 1. The number of amides is 2. The van der Waals surface area contributed by atoms with Crippen LogP contribution in [0.15, 0.2) is 54.6 Å². The number of hydrogen-bond donors (Lipinski definition) is 3. The van der Waals surface area contributed by atoms with Gasteiger partial charge in [-0.1, -0.05) is 24.3 Å². The molecule has 0 radical (unpaired) electrons. The zero-order chi connectivity index (χ0) is 19.2. The Hall–Kier alpha value is -2.77. The molecule has 1 saturated heterocycles. The third kappa shape index (κ3) is 4.90. The number of carbonyl (C=O) groups excluding carboxylic acids is 2. The summed E-state index contributed by atoms with van der Waals surface area (Å²) in [6.45, 7) is 0.639. The van der Waals surface area contributed by atoms with Crippen molar-refractivity contribution in [3.63, 3.8) is 0 Å². The Bertz CT molecular complexity index is 800. The number of hydrogen-bond acceptors (Lipinski definition) is 4. The zero-order valence-corrected chi connectivity index (χ0v) is 14.6. The van der Waals surface area contributed by atoms with E-state index in [0.717, 1.165) is 6.07 Å². The number of halogens is 1. The Balaban J connectivity index is 1.46. The number of benzene rings is 2. The van der Waals surface area contributed by atoms with Crippen LogP contribution in [-0.4, -0.2) is 48.8 Å². The van der Waals surface area contributed by atoms with Crippen molar-refractivity contribution in [2.45, 2.75) is 12.2 Å². The Morgan fingerprint density at radius 1 is 1.00 bits per heavy atom. The first-order valence-corrected chi connectivity index (χ1v) is 8.71. The van der Waals surface area contributed by atoms with Crippen LogP contribution in [0.2, 0.25) is 0 Å². The Labute approximate surface area is 156 Å². The molecule has 3 atom stereocenters. The van der Waals surface area contributed by atoms with E-state index in [1.807, 2.05) is 6.07 Å². The topological polar surface area (TPSA) is 87.7 Å². The predicted molar refractivity (Wildman–Crippen MR) is 96.7 cm³/mol. The minimum absolute atomic E-state index is 0.0969. The van der Waals surface area contributed by atoms with Crippen LogP contribution in [-0.2, 0) is 4.74 Å². The van der Waals surface area contributed by atoms with E-state index < -0.39 is 23.9 Å². The van der Waals surface area contributed by atoms with E-state index in [0.29, 0.717) is 5.56 Å². The van der Waals surface area contributed by atoms with Gasteiger partial charge in [-0.05, 0) is 30.3 Å². The molecule has 1 fully saturated rings. The maximum Gasteiger partial charge on any atom is 0.251 e. The summed E-state index contributed by atoms with van der Waals surface area (Å²) in [5.74, 6) is -1.42. The molecule has 1 aliphatic heterocycles. The lowest BCUT2D eigenvalue weighted by molar-refractivity contribution is 0.0384. The van der Waals surface area contributed by atoms with E-state index in [1.165, 1.54) is 18.2 Å². The molecule has 0 unspecified atom stereocenters. The Kier molecular flexibility index (Phi) is 6.16. The predicted octanol–water partition coefficient (Wildman–Crippen LogP) is 1.36. The summed E-state index contributed by atoms with van der Waals surface area (Å²) in [7, 11) is 0. The average Bonchev–Trinajstić information content (AvgIpc) is 3.04. The van der Waals surface area contributed by atoms with Gasteiger partial charge in [-0.15, -0.1) is 0 Å². The molecular weight excluding hydrogens is 351 g/mol. The monoisotopic (exact) mass is 372 g/mol. The van der Waals surface area contributed by atoms with Gasteiger partial charge in [-0.3, -0.25) is 9.59 Å². The van der Waals surface area contributed by atoms with Gasteiger partial charge in [0.15, 0.2) is 0 Å². The molecule has 0 bridgehead atoms. The van der Waals surface area contributed by atoms with E-state index in [1.54, 1.807) is 24.3 Å². The first-order valence-electron chi connectivity index (χ1n) is 8.71. The molecule has 7 heteroatoms. The normalized spacial score (nSPS) is 21.6. The Morgan fingerprint density at radius 2 is 1.67 bits per heavy atom. The minimum atomic E-state index is -0.825. The van der Waals surface area contributed by atoms with Gasteiger partial charge in [0.25, 0.3) is 11.8 Å². The molecule has 2 aromatic carbocycles. The van der Waals surface area contributed by atoms with Gasteiger partial charge in [0.1, 0.15) is 11.9 Å². The molecule has 3 rings (SSSR count). The van der Waals surface area contributed by atoms with Crippen LogP contribution in [0, 0.1) is 11.7 Å². The molecule has 1 aliphatic rings. The van der Waals surface area contributed by atoms with Gasteiger partial charge in [0.2, 0.25) is 0 Å². The smallest absolute Gasteiger partial charge is 0.251 e. The number of ether oxygens (including phenoxy) is 1. The molecule has 27 heavy (non-hydrogen) atoms. The first-order chi connectivity index (χ1) is 13.0. The highest BCUT2D eigenvalue weighted by Crippen LogP contribution is 2.20. The fourth-order valence-corrected chi connectivity index (χ4v) is 2.95. The van der Waals surface area contributed by atoms with Gasteiger partial charge in [-0.2, -0.15) is 0 Å². The van der Waals surface area contributed by atoms with Crippen LogP contribution >= 0.6 is 0 Å². The van der Waals surface area contributed by atoms with Crippen molar-refractivity contribution in [3.05, 3.63) is 71.5 Å². The second-order valence-electron chi connectivity index (χ2n) is 6.42. The van der Waals surface area contributed by atoms with Crippen LogP contribution in [0.1, 0.15) is 20.7 Å². The second-order valence-corrected chi connectivity index (χ2v) is 6.42. The van der Waals surface area contributed by atoms with Crippen molar-refractivity contribution >= 4 is 11.8 Å². The third-order valence-corrected chi connectivity index (χ3v) is 4.50. The first kappa shape index (κ1) is 19.0. The molecule has 2 aromatic rings. The molecule has 0 aliphatic carbocycles. The summed E-state index contributed by atoms with van der Waals surface area (Å²) in [6, 6.07) is 14.2. The van der Waals surface area contributed by atoms with E-state index >= 15 is 0 Å². The van der Waals surface area contributed by atoms with Gasteiger partial charge in [-0.25, -0.2) is 4.39 Å². The summed E-state index contributed by atoms with van der Waals surface area (Å²) >= 11 is 0. The summed E-state index contributed by atoms with van der Waals surface area (Å²) < 4.78 is 18.7. The van der Waals surface area contributed by atoms with Crippen molar-refractivity contribution in [1.29, 1.82) is 0 Å². The summed E-state index contributed by atoms with van der Waals surface area (Å²) in [5.41, 5.74) is 0.749. The van der Waals surface area contributed by atoms with Crippen molar-refractivity contribution in [2.75, 3.05) is 19.7 Å². The fourth-order valence-electron chi connectivity index (χ4n) is 2.95. The molecule has 142 valence electrons. The third-order valence-electron chi connectivity index (χ3n) is 4.50. The SMILES string of the molecule is O=C(NC[C@@H]1CO[C@H](CNC(=O)c2cccc(F)c2)[C@H]1O)c1ccccc1. The van der Waals surface area contributed by atoms with Crippen LogP contribution in [0.4, 0.5) is 4.39 Å². The van der Waals surface area contributed by atoms with E-state index in [-0.39, 0.29) is 37.1 Å². The maximum atomic E-state index is 13.2. The summed E-state index contributed by atoms with van der Waals surface area (Å²) in [5, 5.41) is 15.8. The van der Waals surface area contributed by atoms with Crippen LogP contribution in [0.3, 0.4) is 0 Å². The number of nitrogens with one attached hydrogen (secondary N) is 2. The Morgan fingerprint density at radius 3 is 2.41 bits per heavy atom. The maximum absolute atomic E-state index is 13.2. The van der Waals surface area contributed by atoms with Crippen molar-refractivity contribution < 1.29 is 23.8 Å². The highest BCUT2D eigenvalue weighted by atomic mass is 19.1. The lowest BCUT2D eigenvalue weighted by Crippen LogP contribution is -2.41. The van der Waals surface area contributed by atoms with Crippen molar-refractivity contribution in [3.8, 4) is 0 Å². The quantitative estimate of drug-likeness (QED) is 0.715. The number of aliphatic hydroxyl groups is 1. The molecule has 1 heterocycles. The molecule has 0 saturated carbocycles. The van der Waals surface area contributed by atoms with Gasteiger partial charge < -0.3 is 20.5 Å². The molecule has 3 N–H and O–H groups in total. The fraction of sp³-hybridized carbons (Fsp3) is 0.300. The van der Waals surface area contributed by atoms with E-state index in [9.17, 15) is 19.1 Å². The summed E-state index contributed by atoms with van der Waals surface area (Å²) in [6.07, 6.45) is -1.41. The molecule has 2 amide bonds. The van der Waals surface area contributed by atoms with Crippen molar-refractivity contribution in [1.82, 2.24) is 10.6 Å². The zero-order valence-electron chi connectivity index (χ0n) is 14.6. The van der Waals surface area contributed by atoms with Crippen molar-refractivity contribution in [2.24, 2.45) is 5.92 Å².